The topological polar surface area (TPSA) is 94.5 Å². The fraction of sp³-hybridized carbons (Fsp3) is 0.800. The van der Waals surface area contributed by atoms with E-state index in [0.29, 0.717) is 31.2 Å². The molecule has 0 saturated carbocycles. The van der Waals surface area contributed by atoms with Crippen LogP contribution in [-0.2, 0) is 11.2 Å². The van der Waals surface area contributed by atoms with Crippen LogP contribution in [0, 0.1) is 0 Å². The second kappa shape index (κ2) is 6.64. The minimum absolute atomic E-state index is 0.0892. The summed E-state index contributed by atoms with van der Waals surface area (Å²) in [6, 6.07) is -0.0892. The molecule has 124 valence electrons. The largest absolute Gasteiger partial charge is 0.444 e. The number of carbonyl (C=O) groups excluding carboxylic acids is 1. The van der Waals surface area contributed by atoms with Gasteiger partial charge in [-0.05, 0) is 33.6 Å². The third-order valence-corrected chi connectivity index (χ3v) is 3.59. The molecule has 0 spiro atoms. The molecule has 1 fully saturated rings. The lowest BCUT2D eigenvalue weighted by molar-refractivity contribution is 0.0175. The van der Waals surface area contributed by atoms with Gasteiger partial charge in [0, 0.05) is 25.6 Å². The first-order valence-corrected chi connectivity index (χ1v) is 7.86. The van der Waals surface area contributed by atoms with E-state index in [2.05, 4.69) is 17.1 Å². The minimum Gasteiger partial charge on any atom is -0.444 e. The van der Waals surface area contributed by atoms with Gasteiger partial charge in [-0.3, -0.25) is 0 Å². The fourth-order valence-corrected chi connectivity index (χ4v) is 2.47. The predicted molar refractivity (Wildman–Crippen MR) is 81.4 cm³/mol. The molecule has 0 unspecified atom stereocenters. The van der Waals surface area contributed by atoms with Crippen LogP contribution in [0.4, 0.5) is 4.79 Å². The van der Waals surface area contributed by atoms with Crippen molar-refractivity contribution >= 4 is 6.09 Å². The molecule has 1 saturated heterocycles. The van der Waals surface area contributed by atoms with E-state index in [1.165, 1.54) is 0 Å². The van der Waals surface area contributed by atoms with Crippen LogP contribution in [0.15, 0.2) is 4.52 Å². The van der Waals surface area contributed by atoms with Crippen LogP contribution < -0.4 is 5.73 Å². The molecular formula is C15H26N4O3. The number of nitrogens with zero attached hydrogens (tertiary/aromatic N) is 3. The molecule has 22 heavy (non-hydrogen) atoms. The van der Waals surface area contributed by atoms with Gasteiger partial charge in [-0.2, -0.15) is 4.98 Å². The van der Waals surface area contributed by atoms with Crippen LogP contribution in [0.5, 0.6) is 0 Å². The summed E-state index contributed by atoms with van der Waals surface area (Å²) in [7, 11) is 0. The lowest BCUT2D eigenvalue weighted by Crippen LogP contribution is -2.49. The molecule has 7 heteroatoms. The molecule has 0 radical (unpaired) electrons. The first-order chi connectivity index (χ1) is 10.3. The lowest BCUT2D eigenvalue weighted by Gasteiger charge is -2.35. The van der Waals surface area contributed by atoms with Gasteiger partial charge in [0.15, 0.2) is 5.82 Å². The van der Waals surface area contributed by atoms with Gasteiger partial charge in [-0.1, -0.05) is 12.1 Å². The average Bonchev–Trinajstić information content (AvgIpc) is 2.86. The van der Waals surface area contributed by atoms with Crippen molar-refractivity contribution < 1.29 is 14.1 Å². The number of amides is 1. The molecule has 2 N–H and O–H groups in total. The zero-order chi connectivity index (χ0) is 16.3. The van der Waals surface area contributed by atoms with E-state index in [1.807, 2.05) is 20.8 Å². The normalized spacial score (nSPS) is 22.7. The molecule has 1 aliphatic heterocycles. The molecule has 2 heterocycles. The van der Waals surface area contributed by atoms with Gasteiger partial charge < -0.3 is 19.9 Å². The number of likely N-dealkylation sites (tertiary alicyclic amines) is 1. The van der Waals surface area contributed by atoms with Crippen LogP contribution in [-0.4, -0.2) is 45.9 Å². The summed E-state index contributed by atoms with van der Waals surface area (Å²) in [5, 5.41) is 3.97. The summed E-state index contributed by atoms with van der Waals surface area (Å²) in [6.07, 6.45) is 2.11. The van der Waals surface area contributed by atoms with Crippen molar-refractivity contribution in [3.05, 3.63) is 11.7 Å². The molecule has 2 rings (SSSR count). The number of nitrogens with two attached hydrogens (primary N) is 1. The van der Waals surface area contributed by atoms with Crippen molar-refractivity contribution in [1.82, 2.24) is 15.0 Å². The quantitative estimate of drug-likeness (QED) is 0.918. The Hall–Kier alpha value is -1.63. The number of rotatable bonds is 3. The van der Waals surface area contributed by atoms with Gasteiger partial charge in [-0.25, -0.2) is 4.79 Å². The molecule has 1 aromatic rings. The Morgan fingerprint density at radius 3 is 2.86 bits per heavy atom. The molecule has 0 bridgehead atoms. The Morgan fingerprint density at radius 1 is 1.50 bits per heavy atom. The highest BCUT2D eigenvalue weighted by atomic mass is 16.6. The number of aromatic nitrogens is 2. The number of piperidine rings is 1. The van der Waals surface area contributed by atoms with E-state index in [4.69, 9.17) is 15.0 Å². The van der Waals surface area contributed by atoms with Gasteiger partial charge in [-0.15, -0.1) is 0 Å². The van der Waals surface area contributed by atoms with Crippen molar-refractivity contribution in [3.8, 4) is 0 Å². The van der Waals surface area contributed by atoms with Gasteiger partial charge in [0.1, 0.15) is 5.60 Å². The number of hydrogen-bond donors (Lipinski definition) is 1. The maximum atomic E-state index is 12.2. The third kappa shape index (κ3) is 4.19. The molecule has 1 aromatic heterocycles. The summed E-state index contributed by atoms with van der Waals surface area (Å²) >= 11 is 0. The highest BCUT2D eigenvalue weighted by Gasteiger charge is 2.35. The molecule has 2 atom stereocenters. The molecule has 0 aliphatic carbocycles. The summed E-state index contributed by atoms with van der Waals surface area (Å²) in [5.74, 6) is 1.07. The lowest BCUT2D eigenvalue weighted by atomic mass is 9.93. The molecule has 1 aliphatic rings. The highest BCUT2D eigenvalue weighted by Crippen LogP contribution is 2.26. The summed E-state index contributed by atoms with van der Waals surface area (Å²) in [6.45, 7) is 8.66. The zero-order valence-corrected chi connectivity index (χ0v) is 13.8. The molecule has 0 aromatic carbocycles. The second-order valence-electron chi connectivity index (χ2n) is 6.78. The maximum Gasteiger partial charge on any atom is 0.410 e. The smallest absolute Gasteiger partial charge is 0.410 e. The van der Waals surface area contributed by atoms with Crippen LogP contribution in [0.1, 0.15) is 58.2 Å². The Kier molecular flexibility index (Phi) is 5.05. The van der Waals surface area contributed by atoms with Crippen LogP contribution >= 0.6 is 0 Å². The standard InChI is InChI=1S/C15H26N4O3/c1-5-6-12-17-13(22-18-12)10-9-19(8-7-11(10)16)14(20)21-15(2,3)4/h10-11H,5-9,16H2,1-4H3/t10-,11-/m1/s1. The maximum absolute atomic E-state index is 12.2. The monoisotopic (exact) mass is 310 g/mol. The molecule has 1 amide bonds. The van der Waals surface area contributed by atoms with E-state index in [1.54, 1.807) is 4.90 Å². The van der Waals surface area contributed by atoms with Crippen molar-refractivity contribution in [2.75, 3.05) is 13.1 Å². The number of carbonyl (C=O) groups is 1. The number of hydrogen-bond acceptors (Lipinski definition) is 6. The molecular weight excluding hydrogens is 284 g/mol. The summed E-state index contributed by atoms with van der Waals surface area (Å²) in [5.41, 5.74) is 5.67. The van der Waals surface area contributed by atoms with Crippen molar-refractivity contribution in [3.63, 3.8) is 0 Å². The van der Waals surface area contributed by atoms with Crippen LogP contribution in [0.25, 0.3) is 0 Å². The average molecular weight is 310 g/mol. The number of ether oxygens (including phenoxy) is 1. The van der Waals surface area contributed by atoms with Gasteiger partial charge in [0.25, 0.3) is 0 Å². The zero-order valence-electron chi connectivity index (χ0n) is 13.8. The van der Waals surface area contributed by atoms with E-state index >= 15 is 0 Å². The minimum atomic E-state index is -0.509. The van der Waals surface area contributed by atoms with E-state index in [9.17, 15) is 4.79 Å². The first kappa shape index (κ1) is 16.7. The Labute approximate surface area is 131 Å². The summed E-state index contributed by atoms with van der Waals surface area (Å²) < 4.78 is 10.8. The van der Waals surface area contributed by atoms with Gasteiger partial charge in [0.2, 0.25) is 5.89 Å². The van der Waals surface area contributed by atoms with Gasteiger partial charge in [0.05, 0.1) is 5.92 Å². The third-order valence-electron chi connectivity index (χ3n) is 3.59. The Morgan fingerprint density at radius 2 is 2.23 bits per heavy atom. The number of aryl methyl sites for hydroxylation is 1. The van der Waals surface area contributed by atoms with Crippen molar-refractivity contribution in [1.29, 1.82) is 0 Å². The van der Waals surface area contributed by atoms with Crippen molar-refractivity contribution in [2.24, 2.45) is 5.73 Å². The SMILES string of the molecule is CCCc1noc([C@@H]2CN(C(=O)OC(C)(C)C)CC[C@H]2N)n1. The van der Waals surface area contributed by atoms with Crippen LogP contribution in [0.2, 0.25) is 0 Å². The summed E-state index contributed by atoms with van der Waals surface area (Å²) in [4.78, 5) is 18.3. The van der Waals surface area contributed by atoms with E-state index < -0.39 is 5.60 Å². The van der Waals surface area contributed by atoms with E-state index in [0.717, 1.165) is 12.8 Å². The fourth-order valence-electron chi connectivity index (χ4n) is 2.47. The predicted octanol–water partition coefficient (Wildman–Crippen LogP) is 2.07. The van der Waals surface area contributed by atoms with Crippen molar-refractivity contribution in [2.45, 2.75) is 64.5 Å². The Bertz CT molecular complexity index is 509. The molecule has 7 nitrogen and oxygen atoms in total. The van der Waals surface area contributed by atoms with Crippen LogP contribution in [0.3, 0.4) is 0 Å². The Balaban J connectivity index is 2.05. The van der Waals surface area contributed by atoms with Gasteiger partial charge >= 0.3 is 6.09 Å². The highest BCUT2D eigenvalue weighted by molar-refractivity contribution is 5.68. The first-order valence-electron chi connectivity index (χ1n) is 7.86. The second-order valence-corrected chi connectivity index (χ2v) is 6.78. The van der Waals surface area contributed by atoms with E-state index in [-0.39, 0.29) is 18.1 Å².